The third kappa shape index (κ3) is 5.96. The van der Waals surface area contributed by atoms with E-state index in [0.717, 1.165) is 34.6 Å². The lowest BCUT2D eigenvalue weighted by Gasteiger charge is -2.14. The summed E-state index contributed by atoms with van der Waals surface area (Å²) in [6.07, 6.45) is 6.50. The summed E-state index contributed by atoms with van der Waals surface area (Å²) in [4.78, 5) is 4.69. The first-order valence-electron chi connectivity index (χ1n) is 8.77. The molecule has 0 atom stereocenters. The molecule has 0 saturated heterocycles. The van der Waals surface area contributed by atoms with Gasteiger partial charge in [0.1, 0.15) is 25.2 Å². The summed E-state index contributed by atoms with van der Waals surface area (Å²) in [5.74, 6) is 1.81. The Bertz CT molecular complexity index is 725. The first-order chi connectivity index (χ1) is 12.6. The molecule has 26 heavy (non-hydrogen) atoms. The number of hydrogen-bond acceptors (Lipinski definition) is 4. The first-order valence-corrected chi connectivity index (χ1v) is 8.77. The minimum absolute atomic E-state index is 0.584. The Labute approximate surface area is 156 Å². The van der Waals surface area contributed by atoms with E-state index in [1.807, 2.05) is 43.3 Å². The van der Waals surface area contributed by atoms with Crippen LogP contribution in [0.5, 0.6) is 11.5 Å². The van der Waals surface area contributed by atoms with E-state index in [2.05, 4.69) is 36.0 Å². The maximum absolute atomic E-state index is 6.03. The van der Waals surface area contributed by atoms with Crippen molar-refractivity contribution >= 4 is 6.21 Å². The molecule has 0 heterocycles. The molecule has 0 radical (unpaired) electrons. The van der Waals surface area contributed by atoms with Crippen LogP contribution in [0.25, 0.3) is 0 Å². The van der Waals surface area contributed by atoms with Crippen molar-refractivity contribution in [1.29, 1.82) is 0 Å². The van der Waals surface area contributed by atoms with E-state index >= 15 is 0 Å². The molecule has 2 aromatic carbocycles. The molecule has 4 heteroatoms. The summed E-state index contributed by atoms with van der Waals surface area (Å²) in [6.45, 7) is 7.30. The quantitative estimate of drug-likeness (QED) is 0.367. The molecule has 0 amide bonds. The van der Waals surface area contributed by atoms with Crippen LogP contribution < -0.4 is 9.47 Å². The third-order valence-electron chi connectivity index (χ3n) is 3.94. The highest BCUT2D eigenvalue weighted by molar-refractivity contribution is 5.79. The molecule has 0 aromatic heterocycles. The summed E-state index contributed by atoms with van der Waals surface area (Å²) < 4.78 is 11.7. The van der Waals surface area contributed by atoms with Crippen molar-refractivity contribution in [3.05, 3.63) is 70.8 Å². The van der Waals surface area contributed by atoms with Crippen LogP contribution in [0.15, 0.2) is 53.7 Å². The van der Waals surface area contributed by atoms with Gasteiger partial charge in [-0.05, 0) is 55.2 Å². The number of oxime groups is 1. The molecule has 0 aliphatic heterocycles. The van der Waals surface area contributed by atoms with E-state index in [9.17, 15) is 0 Å². The average molecular weight is 353 g/mol. The van der Waals surface area contributed by atoms with Gasteiger partial charge in [0, 0.05) is 6.42 Å². The number of rotatable bonds is 9. The van der Waals surface area contributed by atoms with Gasteiger partial charge in [-0.25, -0.2) is 0 Å². The Morgan fingerprint density at radius 1 is 1.00 bits per heavy atom. The fourth-order valence-electron chi connectivity index (χ4n) is 2.62. The summed E-state index contributed by atoms with van der Waals surface area (Å²) in [7, 11) is 1.53. The molecule has 0 unspecified atom stereocenters. The maximum atomic E-state index is 6.03. The minimum atomic E-state index is 0.584. The van der Waals surface area contributed by atoms with E-state index in [4.69, 9.17) is 9.47 Å². The molecule has 0 aliphatic rings. The van der Waals surface area contributed by atoms with Gasteiger partial charge in [-0.3, -0.25) is 0 Å². The SMILES string of the molecule is C/C=C/COc1cc(C)c(OCCc2ccc(/C=N/OC)cc2)c(C)c1. The molecule has 0 fully saturated rings. The van der Waals surface area contributed by atoms with E-state index in [1.54, 1.807) is 6.21 Å². The van der Waals surface area contributed by atoms with Crippen molar-refractivity contribution in [2.24, 2.45) is 5.16 Å². The molecule has 2 rings (SSSR count). The van der Waals surface area contributed by atoms with Crippen LogP contribution in [0.2, 0.25) is 0 Å². The summed E-state index contributed by atoms with van der Waals surface area (Å²) >= 11 is 0. The summed E-state index contributed by atoms with van der Waals surface area (Å²) in [6, 6.07) is 12.2. The van der Waals surface area contributed by atoms with Crippen LogP contribution in [0.4, 0.5) is 0 Å². The highest BCUT2D eigenvalue weighted by Gasteiger charge is 2.07. The Morgan fingerprint density at radius 2 is 1.69 bits per heavy atom. The van der Waals surface area contributed by atoms with Gasteiger partial charge in [-0.2, -0.15) is 0 Å². The van der Waals surface area contributed by atoms with Crippen molar-refractivity contribution in [2.75, 3.05) is 20.3 Å². The van der Waals surface area contributed by atoms with Crippen LogP contribution in [-0.4, -0.2) is 26.5 Å². The molecular formula is C22H27NO3. The van der Waals surface area contributed by atoms with Gasteiger partial charge in [0.25, 0.3) is 0 Å². The maximum Gasteiger partial charge on any atom is 0.125 e. The van der Waals surface area contributed by atoms with Gasteiger partial charge in [0.2, 0.25) is 0 Å². The van der Waals surface area contributed by atoms with Gasteiger partial charge >= 0.3 is 0 Å². The number of aryl methyl sites for hydroxylation is 2. The monoisotopic (exact) mass is 353 g/mol. The Morgan fingerprint density at radius 3 is 2.31 bits per heavy atom. The average Bonchev–Trinajstić information content (AvgIpc) is 2.63. The van der Waals surface area contributed by atoms with E-state index in [-0.39, 0.29) is 0 Å². The van der Waals surface area contributed by atoms with E-state index in [1.165, 1.54) is 12.7 Å². The highest BCUT2D eigenvalue weighted by Crippen LogP contribution is 2.28. The van der Waals surface area contributed by atoms with Gasteiger partial charge in [-0.1, -0.05) is 41.6 Å². The molecular weight excluding hydrogens is 326 g/mol. The van der Waals surface area contributed by atoms with E-state index in [0.29, 0.717) is 13.2 Å². The number of nitrogens with zero attached hydrogens (tertiary/aromatic N) is 1. The number of ether oxygens (including phenoxy) is 2. The lowest BCUT2D eigenvalue weighted by molar-refractivity contribution is 0.215. The van der Waals surface area contributed by atoms with Crippen molar-refractivity contribution in [3.8, 4) is 11.5 Å². The standard InChI is InChI=1S/C22H27NO3/c1-5-6-12-25-21-14-17(2)22(18(3)15-21)26-13-11-19-7-9-20(10-8-19)16-23-24-4/h5-10,14-16H,11-13H2,1-4H3/b6-5+,23-16+. The van der Waals surface area contributed by atoms with Gasteiger partial charge in [0.05, 0.1) is 12.8 Å². The second-order valence-corrected chi connectivity index (χ2v) is 6.02. The molecule has 2 aromatic rings. The van der Waals surface area contributed by atoms with Crippen LogP contribution >= 0.6 is 0 Å². The van der Waals surface area contributed by atoms with Crippen LogP contribution in [-0.2, 0) is 11.3 Å². The smallest absolute Gasteiger partial charge is 0.125 e. The van der Waals surface area contributed by atoms with Crippen LogP contribution in [0.3, 0.4) is 0 Å². The molecule has 0 N–H and O–H groups in total. The van der Waals surface area contributed by atoms with Crippen molar-refractivity contribution in [3.63, 3.8) is 0 Å². The number of allylic oxidation sites excluding steroid dienone is 1. The van der Waals surface area contributed by atoms with Crippen molar-refractivity contribution in [2.45, 2.75) is 27.2 Å². The predicted octanol–water partition coefficient (Wildman–Crippen LogP) is 4.86. The zero-order valence-electron chi connectivity index (χ0n) is 16.0. The minimum Gasteiger partial charge on any atom is -0.493 e. The summed E-state index contributed by atoms with van der Waals surface area (Å²) in [5.41, 5.74) is 4.41. The second kappa shape index (κ2) is 10.3. The zero-order chi connectivity index (χ0) is 18.8. The highest BCUT2D eigenvalue weighted by atomic mass is 16.6. The Hall–Kier alpha value is -2.75. The molecule has 0 aliphatic carbocycles. The van der Waals surface area contributed by atoms with Gasteiger partial charge in [0.15, 0.2) is 0 Å². The lowest BCUT2D eigenvalue weighted by Crippen LogP contribution is -2.04. The fourth-order valence-corrected chi connectivity index (χ4v) is 2.62. The van der Waals surface area contributed by atoms with Crippen molar-refractivity contribution in [1.82, 2.24) is 0 Å². The van der Waals surface area contributed by atoms with E-state index < -0.39 is 0 Å². The Balaban J connectivity index is 1.91. The Kier molecular flexibility index (Phi) is 7.75. The molecule has 138 valence electrons. The lowest BCUT2D eigenvalue weighted by atomic mass is 10.1. The second-order valence-electron chi connectivity index (χ2n) is 6.02. The van der Waals surface area contributed by atoms with Crippen molar-refractivity contribution < 1.29 is 14.3 Å². The normalized spacial score (nSPS) is 11.2. The summed E-state index contributed by atoms with van der Waals surface area (Å²) in [5, 5.41) is 3.76. The molecule has 0 bridgehead atoms. The largest absolute Gasteiger partial charge is 0.493 e. The van der Waals surface area contributed by atoms with Crippen LogP contribution in [0, 0.1) is 13.8 Å². The number of hydrogen-bond donors (Lipinski definition) is 0. The predicted molar refractivity (Wildman–Crippen MR) is 106 cm³/mol. The topological polar surface area (TPSA) is 40.0 Å². The third-order valence-corrected chi connectivity index (χ3v) is 3.94. The molecule has 0 spiro atoms. The molecule has 4 nitrogen and oxygen atoms in total. The zero-order valence-corrected chi connectivity index (χ0v) is 16.0. The fraction of sp³-hybridized carbons (Fsp3) is 0.318. The van der Waals surface area contributed by atoms with Crippen LogP contribution in [0.1, 0.15) is 29.2 Å². The van der Waals surface area contributed by atoms with Gasteiger partial charge < -0.3 is 14.3 Å². The number of benzene rings is 2. The molecule has 0 saturated carbocycles. The first kappa shape index (κ1) is 19.6. The van der Waals surface area contributed by atoms with Gasteiger partial charge in [-0.15, -0.1) is 0 Å².